The van der Waals surface area contributed by atoms with Crippen molar-refractivity contribution < 1.29 is 22.7 Å². The van der Waals surface area contributed by atoms with Gasteiger partial charge in [-0.05, 0) is 24.1 Å². The Labute approximate surface area is 169 Å². The minimum Gasteiger partial charge on any atom is -0.383 e. The van der Waals surface area contributed by atoms with Crippen molar-refractivity contribution in [2.75, 3.05) is 39.9 Å². The van der Waals surface area contributed by atoms with E-state index in [4.69, 9.17) is 10.5 Å². The second-order valence-corrected chi connectivity index (χ2v) is 6.21. The van der Waals surface area contributed by atoms with E-state index in [1.54, 1.807) is 4.90 Å². The van der Waals surface area contributed by atoms with Gasteiger partial charge in [0.1, 0.15) is 6.04 Å². The van der Waals surface area contributed by atoms with Crippen LogP contribution in [0.5, 0.6) is 0 Å². The molecule has 1 heterocycles. The number of nitrogens with zero attached hydrogens (tertiary/aromatic N) is 2. The van der Waals surface area contributed by atoms with E-state index in [1.807, 2.05) is 0 Å². The highest BCUT2D eigenvalue weighted by atomic mass is 35.5. The van der Waals surface area contributed by atoms with Crippen LogP contribution in [-0.2, 0) is 22.3 Å². The molecule has 1 saturated heterocycles. The number of carbonyl (C=O) groups excluding carboxylic acids is 1. The van der Waals surface area contributed by atoms with Crippen LogP contribution in [0.1, 0.15) is 17.5 Å². The first-order valence-electron chi connectivity index (χ1n) is 8.23. The van der Waals surface area contributed by atoms with Crippen molar-refractivity contribution in [1.82, 2.24) is 9.80 Å². The van der Waals surface area contributed by atoms with Crippen molar-refractivity contribution in [2.24, 2.45) is 5.73 Å². The van der Waals surface area contributed by atoms with Gasteiger partial charge in [-0.15, -0.1) is 24.8 Å². The fraction of sp³-hybridized carbons (Fsp3) is 0.588. The summed E-state index contributed by atoms with van der Waals surface area (Å²) >= 11 is 0. The third-order valence-electron chi connectivity index (χ3n) is 4.25. The maximum atomic E-state index is 12.6. The minimum absolute atomic E-state index is 0. The first-order chi connectivity index (χ1) is 11.8. The normalized spacial score (nSPS) is 16.7. The standard InChI is InChI=1S/C17H24F3N3O2.2ClH/c1-25-12-15(21)16(24)23-8-2-7-22(9-10-23)11-13-3-5-14(6-4-13)17(18,19)20;;/h3-6,15H,2,7-12,21H2,1H3;2*1H. The van der Waals surface area contributed by atoms with Crippen molar-refractivity contribution in [3.8, 4) is 0 Å². The van der Waals surface area contributed by atoms with Crippen molar-refractivity contribution in [3.05, 3.63) is 35.4 Å². The van der Waals surface area contributed by atoms with Crippen LogP contribution in [0.2, 0.25) is 0 Å². The lowest BCUT2D eigenvalue weighted by Crippen LogP contribution is -2.47. The minimum atomic E-state index is -4.32. The summed E-state index contributed by atoms with van der Waals surface area (Å²) in [7, 11) is 1.50. The maximum absolute atomic E-state index is 12.6. The predicted octanol–water partition coefficient (Wildman–Crippen LogP) is 2.56. The average molecular weight is 432 g/mol. The third-order valence-corrected chi connectivity index (χ3v) is 4.25. The number of halogens is 5. The number of carbonyl (C=O) groups is 1. The molecule has 156 valence electrons. The van der Waals surface area contributed by atoms with Crippen LogP contribution in [0.3, 0.4) is 0 Å². The molecule has 1 atom stereocenters. The summed E-state index contributed by atoms with van der Waals surface area (Å²) in [6.07, 6.45) is -3.52. The summed E-state index contributed by atoms with van der Waals surface area (Å²) in [5, 5.41) is 0. The van der Waals surface area contributed by atoms with Gasteiger partial charge in [0, 0.05) is 39.8 Å². The number of benzene rings is 1. The quantitative estimate of drug-likeness (QED) is 0.777. The molecule has 1 aromatic carbocycles. The molecule has 0 aliphatic carbocycles. The van der Waals surface area contributed by atoms with Crippen LogP contribution in [0.15, 0.2) is 24.3 Å². The Morgan fingerprint density at radius 2 is 1.78 bits per heavy atom. The van der Waals surface area contributed by atoms with Gasteiger partial charge in [-0.25, -0.2) is 0 Å². The molecule has 2 N–H and O–H groups in total. The van der Waals surface area contributed by atoms with Crippen molar-refractivity contribution in [2.45, 2.75) is 25.2 Å². The van der Waals surface area contributed by atoms with E-state index in [2.05, 4.69) is 4.90 Å². The van der Waals surface area contributed by atoms with Crippen molar-refractivity contribution in [1.29, 1.82) is 0 Å². The van der Waals surface area contributed by atoms with Gasteiger partial charge in [-0.3, -0.25) is 9.69 Å². The highest BCUT2D eigenvalue weighted by Crippen LogP contribution is 2.29. The molecule has 10 heteroatoms. The van der Waals surface area contributed by atoms with Crippen LogP contribution < -0.4 is 5.73 Å². The Bertz CT molecular complexity index is 574. The zero-order valence-electron chi connectivity index (χ0n) is 15.1. The molecule has 1 aromatic rings. The number of hydrogen-bond acceptors (Lipinski definition) is 4. The zero-order valence-corrected chi connectivity index (χ0v) is 16.7. The summed E-state index contributed by atoms with van der Waals surface area (Å²) in [6.45, 7) is 3.36. The number of ether oxygens (including phenoxy) is 1. The fourth-order valence-corrected chi connectivity index (χ4v) is 2.89. The summed E-state index contributed by atoms with van der Waals surface area (Å²) in [6, 6.07) is 4.56. The summed E-state index contributed by atoms with van der Waals surface area (Å²) < 4.78 is 42.7. The Balaban J connectivity index is 0.00000338. The number of methoxy groups -OCH3 is 1. The lowest BCUT2D eigenvalue weighted by atomic mass is 10.1. The van der Waals surface area contributed by atoms with E-state index in [0.717, 1.165) is 30.7 Å². The summed E-state index contributed by atoms with van der Waals surface area (Å²) in [5.41, 5.74) is 5.98. The molecule has 1 amide bonds. The van der Waals surface area contributed by atoms with Gasteiger partial charge >= 0.3 is 6.18 Å². The molecule has 27 heavy (non-hydrogen) atoms. The molecular weight excluding hydrogens is 406 g/mol. The molecule has 0 spiro atoms. The smallest absolute Gasteiger partial charge is 0.383 e. The second-order valence-electron chi connectivity index (χ2n) is 6.21. The fourth-order valence-electron chi connectivity index (χ4n) is 2.89. The van der Waals surface area contributed by atoms with Crippen LogP contribution in [0.4, 0.5) is 13.2 Å². The molecule has 5 nitrogen and oxygen atoms in total. The number of hydrogen-bond donors (Lipinski definition) is 1. The van der Waals surface area contributed by atoms with E-state index < -0.39 is 17.8 Å². The second kappa shape index (κ2) is 11.7. The van der Waals surface area contributed by atoms with Gasteiger partial charge in [0.25, 0.3) is 0 Å². The Morgan fingerprint density at radius 3 is 2.33 bits per heavy atom. The van der Waals surface area contributed by atoms with Crippen LogP contribution >= 0.6 is 24.8 Å². The van der Waals surface area contributed by atoms with E-state index in [-0.39, 0.29) is 37.3 Å². The molecular formula is C17H26Cl2F3N3O2. The van der Waals surface area contributed by atoms with Crippen LogP contribution in [0, 0.1) is 0 Å². The molecule has 2 rings (SSSR count). The van der Waals surface area contributed by atoms with Crippen LogP contribution in [0.25, 0.3) is 0 Å². The van der Waals surface area contributed by atoms with Crippen molar-refractivity contribution in [3.63, 3.8) is 0 Å². The summed E-state index contributed by atoms with van der Waals surface area (Å²) in [5.74, 6) is -0.127. The van der Waals surface area contributed by atoms with E-state index in [9.17, 15) is 18.0 Å². The number of alkyl halides is 3. The Morgan fingerprint density at radius 1 is 1.15 bits per heavy atom. The monoisotopic (exact) mass is 431 g/mol. The summed E-state index contributed by atoms with van der Waals surface area (Å²) in [4.78, 5) is 16.1. The SMILES string of the molecule is COCC(N)C(=O)N1CCCN(Cc2ccc(C(F)(F)F)cc2)CC1.Cl.Cl. The van der Waals surface area contributed by atoms with Gasteiger partial charge in [-0.2, -0.15) is 13.2 Å². The Kier molecular flexibility index (Phi) is 11.2. The predicted molar refractivity (Wildman–Crippen MR) is 102 cm³/mol. The molecule has 1 aliphatic heterocycles. The highest BCUT2D eigenvalue weighted by molar-refractivity contribution is 5.85. The van der Waals surface area contributed by atoms with Gasteiger partial charge in [-0.1, -0.05) is 12.1 Å². The first-order valence-corrected chi connectivity index (χ1v) is 8.23. The molecule has 0 bridgehead atoms. The maximum Gasteiger partial charge on any atom is 0.416 e. The van der Waals surface area contributed by atoms with Crippen LogP contribution in [-0.4, -0.2) is 61.6 Å². The third kappa shape index (κ3) is 7.83. The zero-order chi connectivity index (χ0) is 18.4. The molecule has 1 aliphatic rings. The van der Waals surface area contributed by atoms with E-state index in [1.165, 1.54) is 19.2 Å². The van der Waals surface area contributed by atoms with Gasteiger partial charge < -0.3 is 15.4 Å². The first kappa shape index (κ1) is 25.9. The average Bonchev–Trinajstić information content (AvgIpc) is 2.79. The van der Waals surface area contributed by atoms with Gasteiger partial charge in [0.2, 0.25) is 5.91 Å². The van der Waals surface area contributed by atoms with E-state index in [0.29, 0.717) is 26.2 Å². The Hall–Kier alpha value is -1.06. The lowest BCUT2D eigenvalue weighted by molar-refractivity contribution is -0.137. The van der Waals surface area contributed by atoms with Crippen molar-refractivity contribution >= 4 is 30.7 Å². The molecule has 0 radical (unpaired) electrons. The molecule has 0 saturated carbocycles. The lowest BCUT2D eigenvalue weighted by Gasteiger charge is -2.24. The van der Waals surface area contributed by atoms with Gasteiger partial charge in [0.15, 0.2) is 0 Å². The molecule has 0 aromatic heterocycles. The van der Waals surface area contributed by atoms with E-state index >= 15 is 0 Å². The topological polar surface area (TPSA) is 58.8 Å². The van der Waals surface area contributed by atoms with Gasteiger partial charge in [0.05, 0.1) is 12.2 Å². The largest absolute Gasteiger partial charge is 0.416 e. The number of nitrogens with two attached hydrogens (primary N) is 1. The molecule has 1 unspecified atom stereocenters. The highest BCUT2D eigenvalue weighted by Gasteiger charge is 2.30. The molecule has 1 fully saturated rings. The number of amides is 1. The number of rotatable bonds is 5.